The number of fused-ring (bicyclic) bond motifs is 8. The van der Waals surface area contributed by atoms with Gasteiger partial charge in [0.15, 0.2) is 0 Å². The van der Waals surface area contributed by atoms with Gasteiger partial charge in [0, 0.05) is 22.3 Å². The Morgan fingerprint density at radius 1 is 0.341 bits per heavy atom. The summed E-state index contributed by atoms with van der Waals surface area (Å²) >= 11 is 0. The summed E-state index contributed by atoms with van der Waals surface area (Å²) in [5.74, 6) is 3.50. The second kappa shape index (κ2) is 13.5. The third kappa shape index (κ3) is 6.26. The van der Waals surface area contributed by atoms with Crippen LogP contribution >= 0.6 is 0 Å². The zero-order valence-electron chi connectivity index (χ0n) is 27.4. The summed E-state index contributed by atoms with van der Waals surface area (Å²) in [5, 5.41) is 0. The van der Waals surface area contributed by atoms with E-state index in [-0.39, 0.29) is 0 Å². The molecule has 1 aliphatic carbocycles. The number of aryl methyl sites for hydroxylation is 4. The van der Waals surface area contributed by atoms with Crippen LogP contribution in [0.1, 0.15) is 72.2 Å². The van der Waals surface area contributed by atoms with Crippen LogP contribution < -0.4 is 18.9 Å². The van der Waals surface area contributed by atoms with Crippen LogP contribution in [0.15, 0.2) is 72.8 Å². The van der Waals surface area contributed by atoms with Gasteiger partial charge >= 0.3 is 0 Å². The zero-order valence-corrected chi connectivity index (χ0v) is 27.4. The van der Waals surface area contributed by atoms with Gasteiger partial charge in [0.1, 0.15) is 23.0 Å². The first kappa shape index (κ1) is 31.0. The number of allylic oxidation sites excluding steroid dienone is 4. The van der Waals surface area contributed by atoms with E-state index < -0.39 is 0 Å². The maximum Gasteiger partial charge on any atom is 0.126 e. The minimum Gasteiger partial charge on any atom is -0.496 e. The zero-order chi connectivity index (χ0) is 31.4. The standard InChI is InChI=1S/C40H44O4/c1-25-26(2)34-22-30(14-18-38(34)42-6)11-12-32-16-20-40(44-8)36(24-32)28(4)27(3)35-23-31(15-19-39(35)43-7)10-9-29-13-17-37(41-5)33(25)21-29/h13-24H,9-12H2,1-8H3/b26-25-,28-27-. The highest BCUT2D eigenvalue weighted by Gasteiger charge is 2.17. The molecule has 0 aliphatic heterocycles. The van der Waals surface area contributed by atoms with Gasteiger partial charge in [0.25, 0.3) is 0 Å². The Labute approximate surface area is 263 Å². The molecule has 0 saturated heterocycles. The fourth-order valence-corrected chi connectivity index (χ4v) is 6.20. The lowest BCUT2D eigenvalue weighted by Gasteiger charge is -2.18. The monoisotopic (exact) mass is 588 g/mol. The summed E-state index contributed by atoms with van der Waals surface area (Å²) in [4.78, 5) is 0. The molecule has 5 rings (SSSR count). The topological polar surface area (TPSA) is 36.9 Å². The Hall–Kier alpha value is -4.44. The van der Waals surface area contributed by atoms with Gasteiger partial charge < -0.3 is 18.9 Å². The minimum absolute atomic E-state index is 0.876. The van der Waals surface area contributed by atoms with Crippen LogP contribution in [0, 0.1) is 0 Å². The fourth-order valence-electron chi connectivity index (χ4n) is 6.20. The van der Waals surface area contributed by atoms with E-state index in [1.54, 1.807) is 28.4 Å². The van der Waals surface area contributed by atoms with Crippen molar-refractivity contribution in [1.29, 1.82) is 0 Å². The normalized spacial score (nSPS) is 17.1. The number of rotatable bonds is 4. The molecule has 1 aliphatic rings. The molecular weight excluding hydrogens is 544 g/mol. The molecule has 0 radical (unpaired) electrons. The first-order valence-electron chi connectivity index (χ1n) is 15.3. The third-order valence-electron chi connectivity index (χ3n) is 9.20. The summed E-state index contributed by atoms with van der Waals surface area (Å²) in [6, 6.07) is 26.2. The van der Waals surface area contributed by atoms with Crippen molar-refractivity contribution in [3.05, 3.63) is 117 Å². The molecule has 4 aromatic rings. The van der Waals surface area contributed by atoms with Crippen molar-refractivity contribution in [1.82, 2.24) is 0 Å². The Morgan fingerprint density at radius 3 is 0.727 bits per heavy atom. The fraction of sp³-hybridized carbons (Fsp3) is 0.300. The van der Waals surface area contributed by atoms with Crippen molar-refractivity contribution in [3.8, 4) is 23.0 Å². The van der Waals surface area contributed by atoms with E-state index in [0.29, 0.717) is 0 Å². The average Bonchev–Trinajstić information content (AvgIpc) is 3.07. The van der Waals surface area contributed by atoms with Crippen LogP contribution in [0.3, 0.4) is 0 Å². The Kier molecular flexibility index (Phi) is 9.49. The van der Waals surface area contributed by atoms with Gasteiger partial charge in [-0.25, -0.2) is 0 Å². The van der Waals surface area contributed by atoms with Crippen molar-refractivity contribution in [2.45, 2.75) is 53.4 Å². The molecule has 228 valence electrons. The van der Waals surface area contributed by atoms with Crippen molar-refractivity contribution in [3.63, 3.8) is 0 Å². The average molecular weight is 589 g/mol. The largest absolute Gasteiger partial charge is 0.496 e. The third-order valence-corrected chi connectivity index (χ3v) is 9.20. The highest BCUT2D eigenvalue weighted by molar-refractivity contribution is 5.93. The van der Waals surface area contributed by atoms with Crippen molar-refractivity contribution >= 4 is 22.3 Å². The summed E-state index contributed by atoms with van der Waals surface area (Å²) in [6.07, 6.45) is 3.63. The van der Waals surface area contributed by atoms with E-state index in [4.69, 9.17) is 18.9 Å². The Morgan fingerprint density at radius 2 is 0.545 bits per heavy atom. The first-order valence-corrected chi connectivity index (χ1v) is 15.3. The van der Waals surface area contributed by atoms with Gasteiger partial charge in [-0.1, -0.05) is 24.3 Å². The smallest absolute Gasteiger partial charge is 0.126 e. The van der Waals surface area contributed by atoms with E-state index in [9.17, 15) is 0 Å². The van der Waals surface area contributed by atoms with Crippen LogP contribution in [0.2, 0.25) is 0 Å². The summed E-state index contributed by atoms with van der Waals surface area (Å²) in [6.45, 7) is 8.73. The van der Waals surface area contributed by atoms with Gasteiger partial charge in [-0.15, -0.1) is 0 Å². The molecule has 0 amide bonds. The number of benzene rings is 4. The molecule has 0 saturated carbocycles. The molecule has 4 nitrogen and oxygen atoms in total. The molecule has 4 aromatic carbocycles. The van der Waals surface area contributed by atoms with E-state index >= 15 is 0 Å². The summed E-state index contributed by atoms with van der Waals surface area (Å²) in [5.41, 5.74) is 14.2. The molecule has 44 heavy (non-hydrogen) atoms. The van der Waals surface area contributed by atoms with Gasteiger partial charge in [-0.2, -0.15) is 0 Å². The first-order chi connectivity index (χ1) is 21.3. The second-order valence-corrected chi connectivity index (χ2v) is 11.6. The predicted molar refractivity (Wildman–Crippen MR) is 183 cm³/mol. The quantitative estimate of drug-likeness (QED) is 0.238. The van der Waals surface area contributed by atoms with Crippen molar-refractivity contribution in [2.75, 3.05) is 28.4 Å². The van der Waals surface area contributed by atoms with E-state index in [0.717, 1.165) is 70.9 Å². The molecule has 4 heteroatoms. The summed E-state index contributed by atoms with van der Waals surface area (Å²) < 4.78 is 23.4. The number of ether oxygens (including phenoxy) is 4. The molecule has 0 heterocycles. The molecule has 0 atom stereocenters. The lowest BCUT2D eigenvalue weighted by atomic mass is 9.90. The molecular formula is C40H44O4. The lowest BCUT2D eigenvalue weighted by Crippen LogP contribution is -2.01. The van der Waals surface area contributed by atoms with Crippen molar-refractivity contribution in [2.24, 2.45) is 0 Å². The van der Waals surface area contributed by atoms with Gasteiger partial charge in [-0.3, -0.25) is 0 Å². The van der Waals surface area contributed by atoms with Crippen LogP contribution in [-0.4, -0.2) is 28.4 Å². The highest BCUT2D eigenvalue weighted by Crippen LogP contribution is 2.39. The van der Waals surface area contributed by atoms with Crippen LogP contribution in [0.5, 0.6) is 23.0 Å². The van der Waals surface area contributed by atoms with Gasteiger partial charge in [0.2, 0.25) is 0 Å². The molecule has 0 unspecified atom stereocenters. The highest BCUT2D eigenvalue weighted by atomic mass is 16.5. The molecule has 0 fully saturated rings. The van der Waals surface area contributed by atoms with Gasteiger partial charge in [-0.05, 0) is 146 Å². The van der Waals surface area contributed by atoms with E-state index in [2.05, 4.69) is 100 Å². The number of hydrogen-bond donors (Lipinski definition) is 0. The maximum absolute atomic E-state index is 5.84. The predicted octanol–water partition coefficient (Wildman–Crippen LogP) is 9.51. The van der Waals surface area contributed by atoms with Crippen molar-refractivity contribution < 1.29 is 18.9 Å². The number of methoxy groups -OCH3 is 4. The lowest BCUT2D eigenvalue weighted by molar-refractivity contribution is 0.412. The molecule has 0 aromatic heterocycles. The van der Waals surface area contributed by atoms with Crippen LogP contribution in [-0.2, 0) is 25.7 Å². The molecule has 8 bridgehead atoms. The minimum atomic E-state index is 0.876. The van der Waals surface area contributed by atoms with E-state index in [1.165, 1.54) is 44.5 Å². The van der Waals surface area contributed by atoms with E-state index in [1.807, 2.05) is 0 Å². The SMILES string of the molecule is COc1ccc2cc1/C(C)=C(/C)c1cc(ccc1OC)CCc1ccc(OC)c(c1)/C(C)=C(/C)c1cc(ccc1OC)CC2. The van der Waals surface area contributed by atoms with Gasteiger partial charge in [0.05, 0.1) is 28.4 Å². The van der Waals surface area contributed by atoms with Crippen LogP contribution in [0.25, 0.3) is 22.3 Å². The summed E-state index contributed by atoms with van der Waals surface area (Å²) in [7, 11) is 6.97. The molecule has 0 spiro atoms. The Balaban J connectivity index is 1.71. The number of hydrogen-bond acceptors (Lipinski definition) is 4. The molecule has 0 N–H and O–H groups in total. The second-order valence-electron chi connectivity index (χ2n) is 11.6. The van der Waals surface area contributed by atoms with Crippen LogP contribution in [0.4, 0.5) is 0 Å². The maximum atomic E-state index is 5.84. The Bertz CT molecular complexity index is 1480.